The molecule has 0 radical (unpaired) electrons. The molecule has 0 bridgehead atoms. The standard InChI is InChI=1S/C21H27N3OS.2ClH/c1-16(20(22)18-7-3-2-4-8-18)21(25)23-19-9-5-6-17(14-19)15-24-10-12-26-13-11-24;;/h2-9,14,16,20H,10-13,15,22H2,1H3,(H,23,25);2*1H. The average Bonchev–Trinajstić information content (AvgIpc) is 2.68. The summed E-state index contributed by atoms with van der Waals surface area (Å²) in [6, 6.07) is 17.6. The van der Waals surface area contributed by atoms with E-state index in [0.29, 0.717) is 0 Å². The molecule has 2 aromatic rings. The number of halogens is 2. The molecule has 1 saturated heterocycles. The number of nitrogens with one attached hydrogen (secondary N) is 1. The number of rotatable bonds is 6. The summed E-state index contributed by atoms with van der Waals surface area (Å²) in [6.45, 7) is 5.07. The molecular weight excluding hydrogens is 413 g/mol. The van der Waals surface area contributed by atoms with Crippen molar-refractivity contribution in [2.75, 3.05) is 29.9 Å². The molecule has 2 atom stereocenters. The third-order valence-corrected chi connectivity index (χ3v) is 5.78. The van der Waals surface area contributed by atoms with E-state index in [2.05, 4.69) is 22.3 Å². The minimum absolute atomic E-state index is 0. The number of anilines is 1. The third-order valence-electron chi connectivity index (χ3n) is 4.84. The van der Waals surface area contributed by atoms with Gasteiger partial charge in [-0.1, -0.05) is 49.4 Å². The maximum Gasteiger partial charge on any atom is 0.229 e. The van der Waals surface area contributed by atoms with Gasteiger partial charge in [0.25, 0.3) is 0 Å². The minimum atomic E-state index is -0.315. The quantitative estimate of drug-likeness (QED) is 0.698. The van der Waals surface area contributed by atoms with Gasteiger partial charge in [-0.05, 0) is 23.3 Å². The first-order valence-corrected chi connectivity index (χ1v) is 10.3. The first-order valence-electron chi connectivity index (χ1n) is 9.14. The van der Waals surface area contributed by atoms with E-state index in [-0.39, 0.29) is 42.7 Å². The van der Waals surface area contributed by atoms with Gasteiger partial charge in [-0.3, -0.25) is 9.69 Å². The predicted molar refractivity (Wildman–Crippen MR) is 125 cm³/mol. The van der Waals surface area contributed by atoms with Gasteiger partial charge in [-0.25, -0.2) is 0 Å². The summed E-state index contributed by atoms with van der Waals surface area (Å²) in [5, 5.41) is 3.03. The van der Waals surface area contributed by atoms with Crippen LogP contribution in [0.2, 0.25) is 0 Å². The molecule has 1 fully saturated rings. The zero-order valence-corrected chi connectivity index (χ0v) is 18.5. The number of hydrogen-bond acceptors (Lipinski definition) is 4. The molecule has 2 aromatic carbocycles. The smallest absolute Gasteiger partial charge is 0.229 e. The lowest BCUT2D eigenvalue weighted by molar-refractivity contribution is -0.120. The van der Waals surface area contributed by atoms with Crippen LogP contribution in [0.1, 0.15) is 24.1 Å². The van der Waals surface area contributed by atoms with E-state index in [4.69, 9.17) is 5.73 Å². The molecular formula is C21H29Cl2N3OS. The normalized spacial score (nSPS) is 16.2. The Morgan fingerprint density at radius 1 is 1.11 bits per heavy atom. The first-order chi connectivity index (χ1) is 12.6. The van der Waals surface area contributed by atoms with Crippen LogP contribution in [0.5, 0.6) is 0 Å². The zero-order valence-electron chi connectivity index (χ0n) is 16.0. The fourth-order valence-corrected chi connectivity index (χ4v) is 4.13. The number of hydrogen-bond donors (Lipinski definition) is 2. The average molecular weight is 442 g/mol. The van der Waals surface area contributed by atoms with Crippen LogP contribution < -0.4 is 11.1 Å². The zero-order chi connectivity index (χ0) is 18.4. The van der Waals surface area contributed by atoms with Crippen molar-refractivity contribution in [1.82, 2.24) is 4.90 Å². The lowest BCUT2D eigenvalue weighted by Crippen LogP contribution is -2.32. The predicted octanol–water partition coefficient (Wildman–Crippen LogP) is 4.35. The van der Waals surface area contributed by atoms with Gasteiger partial charge in [-0.2, -0.15) is 11.8 Å². The monoisotopic (exact) mass is 441 g/mol. The van der Waals surface area contributed by atoms with Gasteiger partial charge in [0.1, 0.15) is 0 Å². The van der Waals surface area contributed by atoms with Crippen LogP contribution in [0.4, 0.5) is 5.69 Å². The number of benzene rings is 2. The second kappa shape index (κ2) is 12.3. The van der Waals surface area contributed by atoms with E-state index in [0.717, 1.165) is 30.9 Å². The van der Waals surface area contributed by atoms with Gasteiger partial charge >= 0.3 is 0 Å². The summed E-state index contributed by atoms with van der Waals surface area (Å²) < 4.78 is 0. The van der Waals surface area contributed by atoms with Gasteiger partial charge in [0.05, 0.1) is 5.92 Å². The molecule has 1 amide bonds. The van der Waals surface area contributed by atoms with Crippen LogP contribution in [0.3, 0.4) is 0 Å². The summed E-state index contributed by atoms with van der Waals surface area (Å²) in [4.78, 5) is 15.1. The van der Waals surface area contributed by atoms with Crippen molar-refractivity contribution < 1.29 is 4.79 Å². The molecule has 2 unspecified atom stereocenters. The lowest BCUT2D eigenvalue weighted by atomic mass is 9.94. The molecule has 7 heteroatoms. The van der Waals surface area contributed by atoms with Crippen molar-refractivity contribution in [1.29, 1.82) is 0 Å². The topological polar surface area (TPSA) is 58.4 Å². The van der Waals surface area contributed by atoms with Gasteiger partial charge in [-0.15, -0.1) is 24.8 Å². The molecule has 0 aliphatic carbocycles. The Labute approximate surface area is 184 Å². The highest BCUT2D eigenvalue weighted by atomic mass is 35.5. The molecule has 1 aliphatic rings. The van der Waals surface area contributed by atoms with Crippen molar-refractivity contribution in [2.24, 2.45) is 11.7 Å². The molecule has 0 saturated carbocycles. The number of amides is 1. The summed E-state index contributed by atoms with van der Waals surface area (Å²) in [5.74, 6) is 2.05. The van der Waals surface area contributed by atoms with Crippen molar-refractivity contribution >= 4 is 48.2 Å². The number of carbonyl (C=O) groups is 1. The van der Waals surface area contributed by atoms with E-state index in [1.54, 1.807) is 0 Å². The van der Waals surface area contributed by atoms with E-state index in [9.17, 15) is 4.79 Å². The fourth-order valence-electron chi connectivity index (χ4n) is 3.15. The second-order valence-corrected chi connectivity index (χ2v) is 8.03. The van der Waals surface area contributed by atoms with E-state index in [1.807, 2.05) is 61.2 Å². The van der Waals surface area contributed by atoms with Crippen molar-refractivity contribution in [3.05, 3.63) is 65.7 Å². The van der Waals surface area contributed by atoms with Crippen LogP contribution in [0, 0.1) is 5.92 Å². The van der Waals surface area contributed by atoms with E-state index < -0.39 is 0 Å². The second-order valence-electron chi connectivity index (χ2n) is 6.80. The third kappa shape index (κ3) is 6.98. The van der Waals surface area contributed by atoms with Gasteiger partial charge < -0.3 is 11.1 Å². The molecule has 3 N–H and O–H groups in total. The summed E-state index contributed by atoms with van der Waals surface area (Å²) >= 11 is 2.01. The van der Waals surface area contributed by atoms with Crippen LogP contribution in [-0.4, -0.2) is 35.4 Å². The molecule has 3 rings (SSSR count). The summed E-state index contributed by atoms with van der Waals surface area (Å²) in [7, 11) is 0. The first kappa shape index (κ1) is 24.8. The maximum absolute atomic E-state index is 12.6. The van der Waals surface area contributed by atoms with E-state index in [1.165, 1.54) is 17.1 Å². The van der Waals surface area contributed by atoms with Gasteiger partial charge in [0.15, 0.2) is 0 Å². The Morgan fingerprint density at radius 2 is 1.79 bits per heavy atom. The largest absolute Gasteiger partial charge is 0.326 e. The Morgan fingerprint density at radius 3 is 2.46 bits per heavy atom. The minimum Gasteiger partial charge on any atom is -0.326 e. The van der Waals surface area contributed by atoms with Crippen LogP contribution >= 0.6 is 36.6 Å². The Balaban J connectivity index is 0.00000196. The Hall–Kier alpha value is -1.24. The number of nitrogens with zero attached hydrogens (tertiary/aromatic N) is 1. The fraction of sp³-hybridized carbons (Fsp3) is 0.381. The molecule has 4 nitrogen and oxygen atoms in total. The SMILES string of the molecule is CC(C(=O)Nc1cccc(CN2CCSCC2)c1)C(N)c1ccccc1.Cl.Cl. The van der Waals surface area contributed by atoms with Crippen molar-refractivity contribution in [3.63, 3.8) is 0 Å². The van der Waals surface area contributed by atoms with Crippen molar-refractivity contribution in [2.45, 2.75) is 19.5 Å². The van der Waals surface area contributed by atoms with Gasteiger partial charge in [0.2, 0.25) is 5.91 Å². The highest BCUT2D eigenvalue weighted by molar-refractivity contribution is 7.99. The highest BCUT2D eigenvalue weighted by Gasteiger charge is 2.22. The summed E-state index contributed by atoms with van der Waals surface area (Å²) in [6.07, 6.45) is 0. The van der Waals surface area contributed by atoms with Crippen LogP contribution in [-0.2, 0) is 11.3 Å². The molecule has 154 valence electrons. The van der Waals surface area contributed by atoms with Crippen LogP contribution in [0.25, 0.3) is 0 Å². The Bertz CT molecular complexity index is 727. The summed E-state index contributed by atoms with van der Waals surface area (Å²) in [5.41, 5.74) is 9.33. The lowest BCUT2D eigenvalue weighted by Gasteiger charge is -2.26. The molecule has 0 spiro atoms. The highest BCUT2D eigenvalue weighted by Crippen LogP contribution is 2.22. The number of carbonyl (C=O) groups excluding carboxylic acids is 1. The maximum atomic E-state index is 12.6. The molecule has 28 heavy (non-hydrogen) atoms. The van der Waals surface area contributed by atoms with Crippen LogP contribution in [0.15, 0.2) is 54.6 Å². The van der Waals surface area contributed by atoms with E-state index >= 15 is 0 Å². The molecule has 0 aromatic heterocycles. The Kier molecular flexibility index (Phi) is 10.9. The molecule has 1 heterocycles. The molecule has 1 aliphatic heterocycles. The number of thioether (sulfide) groups is 1. The van der Waals surface area contributed by atoms with Crippen molar-refractivity contribution in [3.8, 4) is 0 Å². The van der Waals surface area contributed by atoms with Gasteiger partial charge in [0, 0.05) is 42.9 Å². The number of nitrogens with two attached hydrogens (primary N) is 1.